The van der Waals surface area contributed by atoms with Gasteiger partial charge in [0.05, 0.1) is 12.5 Å². The average Bonchev–Trinajstić information content (AvgIpc) is 2.69. The van der Waals surface area contributed by atoms with Crippen LogP contribution in [0.4, 0.5) is 17.3 Å². The number of carbonyl (C=O) groups is 1. The minimum Gasteiger partial charge on any atom is -0.466 e. The summed E-state index contributed by atoms with van der Waals surface area (Å²) < 4.78 is 5.14. The number of nitrogens with two attached hydrogens (primary N) is 1. The molecule has 8 heteroatoms. The number of nitrogen functional groups attached to an aromatic ring is 1. The van der Waals surface area contributed by atoms with Gasteiger partial charge in [0.2, 0.25) is 0 Å². The number of nitrogens with zero attached hydrogens (tertiary/aromatic N) is 5. The Balaban J connectivity index is 1.66. The zero-order valence-corrected chi connectivity index (χ0v) is 15.9. The quantitative estimate of drug-likeness (QED) is 0.776. The molecule has 3 rings (SSSR count). The lowest BCUT2D eigenvalue weighted by Gasteiger charge is -2.36. The summed E-state index contributed by atoms with van der Waals surface area (Å²) in [5, 5.41) is 0. The highest BCUT2D eigenvalue weighted by atomic mass is 16.5. The number of rotatable bonds is 5. The predicted molar refractivity (Wildman–Crippen MR) is 102 cm³/mol. The Morgan fingerprint density at radius 3 is 2.19 bits per heavy atom. The standard InChI is InChI=1S/C18H30N6O2/c1-3-22-9-11-24(12-10-22)17-15(19)16(20-13-21-17)23-7-5-14(6-8-23)18(25)26-4-2/h13-14H,3-12,19H2,1-2H3. The van der Waals surface area contributed by atoms with Crippen LogP contribution in [0.2, 0.25) is 0 Å². The molecule has 0 radical (unpaired) electrons. The number of ether oxygens (including phenoxy) is 1. The second kappa shape index (κ2) is 8.53. The van der Waals surface area contributed by atoms with Gasteiger partial charge in [0.15, 0.2) is 11.6 Å². The van der Waals surface area contributed by atoms with Gasteiger partial charge in [-0.3, -0.25) is 4.79 Å². The van der Waals surface area contributed by atoms with Crippen LogP contribution in [0.5, 0.6) is 0 Å². The maximum absolute atomic E-state index is 11.9. The van der Waals surface area contributed by atoms with Crippen LogP contribution in [0.3, 0.4) is 0 Å². The lowest BCUT2D eigenvalue weighted by atomic mass is 9.97. The molecule has 2 aliphatic rings. The van der Waals surface area contributed by atoms with Crippen molar-refractivity contribution < 1.29 is 9.53 Å². The second-order valence-electron chi connectivity index (χ2n) is 6.87. The third-order valence-electron chi connectivity index (χ3n) is 5.38. The van der Waals surface area contributed by atoms with E-state index in [1.54, 1.807) is 6.33 Å². The monoisotopic (exact) mass is 362 g/mol. The topological polar surface area (TPSA) is 87.8 Å². The smallest absolute Gasteiger partial charge is 0.309 e. The molecule has 0 amide bonds. The lowest BCUT2D eigenvalue weighted by Crippen LogP contribution is -2.47. The molecule has 26 heavy (non-hydrogen) atoms. The van der Waals surface area contributed by atoms with Crippen molar-refractivity contribution in [2.45, 2.75) is 26.7 Å². The first-order chi connectivity index (χ1) is 12.6. The van der Waals surface area contributed by atoms with Crippen LogP contribution < -0.4 is 15.5 Å². The van der Waals surface area contributed by atoms with Crippen molar-refractivity contribution in [1.82, 2.24) is 14.9 Å². The van der Waals surface area contributed by atoms with E-state index in [0.29, 0.717) is 12.3 Å². The molecular weight excluding hydrogens is 332 g/mol. The van der Waals surface area contributed by atoms with Gasteiger partial charge in [0.25, 0.3) is 0 Å². The van der Waals surface area contributed by atoms with Gasteiger partial charge in [0.1, 0.15) is 12.0 Å². The van der Waals surface area contributed by atoms with Gasteiger partial charge >= 0.3 is 5.97 Å². The van der Waals surface area contributed by atoms with E-state index in [-0.39, 0.29) is 11.9 Å². The molecule has 2 fully saturated rings. The number of likely N-dealkylation sites (N-methyl/N-ethyl adjacent to an activating group) is 1. The average molecular weight is 362 g/mol. The number of anilines is 3. The maximum atomic E-state index is 11.9. The number of carbonyl (C=O) groups excluding carboxylic acids is 1. The zero-order chi connectivity index (χ0) is 18.5. The Morgan fingerprint density at radius 1 is 1.08 bits per heavy atom. The third-order valence-corrected chi connectivity index (χ3v) is 5.38. The van der Waals surface area contributed by atoms with Crippen molar-refractivity contribution in [3.63, 3.8) is 0 Å². The van der Waals surface area contributed by atoms with Gasteiger partial charge in [-0.15, -0.1) is 0 Å². The minimum atomic E-state index is -0.0858. The molecule has 0 unspecified atom stereocenters. The van der Waals surface area contributed by atoms with Crippen LogP contribution in [-0.2, 0) is 9.53 Å². The Kier molecular flexibility index (Phi) is 6.13. The fourth-order valence-corrected chi connectivity index (χ4v) is 3.74. The first kappa shape index (κ1) is 18.7. The molecule has 0 atom stereocenters. The van der Waals surface area contributed by atoms with E-state index in [4.69, 9.17) is 10.5 Å². The van der Waals surface area contributed by atoms with Crippen molar-refractivity contribution in [2.75, 3.05) is 68.0 Å². The number of piperidine rings is 1. The van der Waals surface area contributed by atoms with Crippen LogP contribution >= 0.6 is 0 Å². The molecule has 0 aromatic carbocycles. The molecule has 0 spiro atoms. The summed E-state index contributed by atoms with van der Waals surface area (Å²) in [5.41, 5.74) is 7.09. The molecule has 0 bridgehead atoms. The lowest BCUT2D eigenvalue weighted by molar-refractivity contribution is -0.148. The summed E-state index contributed by atoms with van der Waals surface area (Å²) in [5.74, 6) is 1.52. The predicted octanol–water partition coefficient (Wildman–Crippen LogP) is 0.980. The maximum Gasteiger partial charge on any atom is 0.309 e. The summed E-state index contributed by atoms with van der Waals surface area (Å²) >= 11 is 0. The van der Waals surface area contributed by atoms with Gasteiger partial charge in [-0.2, -0.15) is 0 Å². The Bertz CT molecular complexity index is 610. The molecule has 3 heterocycles. The van der Waals surface area contributed by atoms with Gasteiger partial charge in [0, 0.05) is 39.3 Å². The summed E-state index contributed by atoms with van der Waals surface area (Å²) in [6.45, 7) is 11.0. The minimum absolute atomic E-state index is 0.0177. The normalized spacial score (nSPS) is 19.6. The molecule has 0 saturated carbocycles. The molecule has 1 aromatic heterocycles. The molecule has 2 N–H and O–H groups in total. The van der Waals surface area contributed by atoms with Crippen LogP contribution in [0.25, 0.3) is 0 Å². The van der Waals surface area contributed by atoms with Gasteiger partial charge in [-0.1, -0.05) is 6.92 Å². The van der Waals surface area contributed by atoms with E-state index >= 15 is 0 Å². The molecule has 2 aliphatic heterocycles. The van der Waals surface area contributed by atoms with E-state index in [0.717, 1.165) is 70.3 Å². The highest BCUT2D eigenvalue weighted by Gasteiger charge is 2.29. The molecule has 8 nitrogen and oxygen atoms in total. The fraction of sp³-hybridized carbons (Fsp3) is 0.722. The Labute approximate surface area is 155 Å². The second-order valence-corrected chi connectivity index (χ2v) is 6.87. The number of hydrogen-bond donors (Lipinski definition) is 1. The summed E-state index contributed by atoms with van der Waals surface area (Å²) in [7, 11) is 0. The van der Waals surface area contributed by atoms with Crippen LogP contribution in [-0.4, -0.2) is 73.3 Å². The van der Waals surface area contributed by atoms with Crippen LogP contribution in [0, 0.1) is 5.92 Å². The van der Waals surface area contributed by atoms with E-state index in [1.165, 1.54) is 0 Å². The van der Waals surface area contributed by atoms with E-state index < -0.39 is 0 Å². The fourth-order valence-electron chi connectivity index (χ4n) is 3.74. The van der Waals surface area contributed by atoms with Crippen molar-refractivity contribution in [1.29, 1.82) is 0 Å². The highest BCUT2D eigenvalue weighted by Crippen LogP contribution is 2.32. The van der Waals surface area contributed by atoms with Crippen LogP contribution in [0.1, 0.15) is 26.7 Å². The summed E-state index contributed by atoms with van der Waals surface area (Å²) in [6.07, 6.45) is 3.14. The zero-order valence-electron chi connectivity index (χ0n) is 15.9. The molecule has 0 aliphatic carbocycles. The van der Waals surface area contributed by atoms with Gasteiger partial charge < -0.3 is 25.2 Å². The number of hydrogen-bond acceptors (Lipinski definition) is 8. The molecule has 144 valence electrons. The van der Waals surface area contributed by atoms with E-state index in [9.17, 15) is 4.79 Å². The number of piperazine rings is 1. The largest absolute Gasteiger partial charge is 0.466 e. The van der Waals surface area contributed by atoms with Crippen LogP contribution in [0.15, 0.2) is 6.33 Å². The SMILES string of the molecule is CCOC(=O)C1CCN(c2ncnc(N3CCN(CC)CC3)c2N)CC1. The van der Waals surface area contributed by atoms with Gasteiger partial charge in [-0.25, -0.2) is 9.97 Å². The van der Waals surface area contributed by atoms with E-state index in [1.807, 2.05) is 6.92 Å². The van der Waals surface area contributed by atoms with Gasteiger partial charge in [-0.05, 0) is 26.3 Å². The van der Waals surface area contributed by atoms with E-state index in [2.05, 4.69) is 31.6 Å². The van der Waals surface area contributed by atoms with Crippen molar-refractivity contribution in [3.8, 4) is 0 Å². The molecule has 2 saturated heterocycles. The number of esters is 1. The first-order valence-corrected chi connectivity index (χ1v) is 9.63. The third kappa shape index (κ3) is 4.00. The van der Waals surface area contributed by atoms with Crippen molar-refractivity contribution in [3.05, 3.63) is 6.33 Å². The Hall–Kier alpha value is -2.09. The highest BCUT2D eigenvalue weighted by molar-refractivity contribution is 5.77. The Morgan fingerprint density at radius 2 is 1.65 bits per heavy atom. The molecule has 1 aromatic rings. The first-order valence-electron chi connectivity index (χ1n) is 9.63. The van der Waals surface area contributed by atoms with Crippen molar-refractivity contribution >= 4 is 23.3 Å². The molecular formula is C18H30N6O2. The number of aromatic nitrogens is 2. The summed E-state index contributed by atoms with van der Waals surface area (Å²) in [6, 6.07) is 0. The summed E-state index contributed by atoms with van der Waals surface area (Å²) in [4.78, 5) is 27.6. The van der Waals surface area contributed by atoms with Crippen molar-refractivity contribution in [2.24, 2.45) is 5.92 Å².